The molecule has 7 amide bonds. The standard InChI is InChI=1S/C33H50N8O11/c1-6-17(2)28(34)33(52)36-15-26(45)39-23(13-27(46)47)31(50)35-14-25(44)37-18(3)29(48)38-19(4)30(49)40-22(12-21-10-8-7-9-11-21)32(51)41-24(16-42)20(5)43/h7-11,16-20,22-24,28,43H,6,12-15,34H2,1-5H3,(H,35,50)(H,36,52)(H,37,44)(H,38,48)(H,39,45)(H,40,49)(H,41,51)(H,46,47)/t17-,18-,19-,20+,22-,23-,24+,28-/m0/s1. The molecule has 52 heavy (non-hydrogen) atoms. The number of nitrogens with one attached hydrogen (secondary N) is 7. The molecule has 0 aliphatic rings. The second kappa shape index (κ2) is 22.4. The third kappa shape index (κ3) is 16.1. The summed E-state index contributed by atoms with van der Waals surface area (Å²) in [6.07, 6.45) is -1.05. The summed E-state index contributed by atoms with van der Waals surface area (Å²) in [5.41, 5.74) is 6.48. The van der Waals surface area contributed by atoms with Gasteiger partial charge in [-0.2, -0.15) is 0 Å². The van der Waals surface area contributed by atoms with E-state index in [-0.39, 0.29) is 12.3 Å². The number of carbonyl (C=O) groups excluding carboxylic acids is 8. The number of aliphatic hydroxyl groups excluding tert-OH is 1. The number of carboxylic acids is 1. The number of aliphatic hydroxyl groups is 1. The molecule has 0 fully saturated rings. The first-order valence-electron chi connectivity index (χ1n) is 16.6. The minimum Gasteiger partial charge on any atom is -0.481 e. The predicted octanol–water partition coefficient (Wildman–Crippen LogP) is -3.65. The largest absolute Gasteiger partial charge is 0.481 e. The highest BCUT2D eigenvalue weighted by molar-refractivity contribution is 5.96. The zero-order valence-corrected chi connectivity index (χ0v) is 29.8. The van der Waals surface area contributed by atoms with Crippen LogP contribution in [-0.4, -0.2) is 119 Å². The average Bonchev–Trinajstić information content (AvgIpc) is 3.10. The van der Waals surface area contributed by atoms with Gasteiger partial charge in [-0.3, -0.25) is 38.4 Å². The fraction of sp³-hybridized carbons (Fsp3) is 0.545. The Balaban J connectivity index is 2.74. The minimum atomic E-state index is -1.61. The van der Waals surface area contributed by atoms with E-state index in [9.17, 15) is 53.4 Å². The fourth-order valence-corrected chi connectivity index (χ4v) is 4.37. The van der Waals surface area contributed by atoms with Gasteiger partial charge in [-0.1, -0.05) is 50.6 Å². The van der Waals surface area contributed by atoms with Gasteiger partial charge >= 0.3 is 5.97 Å². The maximum Gasteiger partial charge on any atom is 0.305 e. The highest BCUT2D eigenvalue weighted by Gasteiger charge is 2.29. The minimum absolute atomic E-state index is 0.0172. The zero-order valence-electron chi connectivity index (χ0n) is 29.8. The van der Waals surface area contributed by atoms with Crippen molar-refractivity contribution in [2.75, 3.05) is 13.1 Å². The lowest BCUT2D eigenvalue weighted by Gasteiger charge is -2.24. The maximum absolute atomic E-state index is 13.0. The Morgan fingerprint density at radius 1 is 0.712 bits per heavy atom. The molecule has 288 valence electrons. The number of carbonyl (C=O) groups is 9. The van der Waals surface area contributed by atoms with Gasteiger partial charge in [0.05, 0.1) is 31.7 Å². The lowest BCUT2D eigenvalue weighted by molar-refractivity contribution is -0.141. The number of aldehydes is 1. The zero-order chi connectivity index (χ0) is 39.5. The van der Waals surface area contributed by atoms with Crippen LogP contribution in [0.3, 0.4) is 0 Å². The van der Waals surface area contributed by atoms with Crippen LogP contribution >= 0.6 is 0 Å². The molecule has 1 aromatic carbocycles. The van der Waals surface area contributed by atoms with E-state index in [1.165, 1.54) is 20.8 Å². The van der Waals surface area contributed by atoms with E-state index in [2.05, 4.69) is 37.2 Å². The number of amides is 7. The highest BCUT2D eigenvalue weighted by atomic mass is 16.4. The van der Waals surface area contributed by atoms with Gasteiger partial charge in [-0.15, -0.1) is 0 Å². The van der Waals surface area contributed by atoms with Crippen molar-refractivity contribution in [2.24, 2.45) is 11.7 Å². The molecule has 19 nitrogen and oxygen atoms in total. The molecule has 0 bridgehead atoms. The summed E-state index contributed by atoms with van der Waals surface area (Å²) in [7, 11) is 0. The molecule has 0 aromatic heterocycles. The van der Waals surface area contributed by atoms with E-state index < -0.39 is 109 Å². The van der Waals surface area contributed by atoms with Crippen LogP contribution in [0.4, 0.5) is 0 Å². The Bertz CT molecular complexity index is 1430. The van der Waals surface area contributed by atoms with Gasteiger partial charge in [0, 0.05) is 6.42 Å². The maximum atomic E-state index is 13.0. The van der Waals surface area contributed by atoms with Gasteiger partial charge in [0.2, 0.25) is 41.4 Å². The molecule has 0 saturated heterocycles. The molecule has 0 saturated carbocycles. The van der Waals surface area contributed by atoms with E-state index in [1.54, 1.807) is 37.3 Å². The van der Waals surface area contributed by atoms with Crippen molar-refractivity contribution in [3.63, 3.8) is 0 Å². The van der Waals surface area contributed by atoms with Crippen molar-refractivity contribution in [3.8, 4) is 0 Å². The molecule has 1 rings (SSSR count). The quantitative estimate of drug-likeness (QED) is 0.0516. The Hall–Kier alpha value is -5.43. The third-order valence-electron chi connectivity index (χ3n) is 7.85. The number of benzene rings is 1. The molecule has 11 N–H and O–H groups in total. The molecule has 0 aliphatic carbocycles. The van der Waals surface area contributed by atoms with Gasteiger partial charge in [0.25, 0.3) is 0 Å². The molecular formula is C33H50N8O11. The number of nitrogens with two attached hydrogens (primary N) is 1. The van der Waals surface area contributed by atoms with Crippen molar-refractivity contribution in [3.05, 3.63) is 35.9 Å². The molecule has 19 heteroatoms. The van der Waals surface area contributed by atoms with E-state index in [0.29, 0.717) is 18.3 Å². The van der Waals surface area contributed by atoms with Crippen molar-refractivity contribution < 1.29 is 53.4 Å². The van der Waals surface area contributed by atoms with E-state index in [0.717, 1.165) is 0 Å². The van der Waals surface area contributed by atoms with Crippen LogP contribution < -0.4 is 43.0 Å². The molecule has 0 unspecified atom stereocenters. The van der Waals surface area contributed by atoms with Crippen molar-refractivity contribution in [2.45, 2.75) is 96.2 Å². The van der Waals surface area contributed by atoms with Crippen LogP contribution in [0.2, 0.25) is 0 Å². The van der Waals surface area contributed by atoms with Crippen LogP contribution in [0.15, 0.2) is 30.3 Å². The summed E-state index contributed by atoms with van der Waals surface area (Å²) in [5, 5.41) is 35.2. The summed E-state index contributed by atoms with van der Waals surface area (Å²) in [6.45, 7) is 6.21. The van der Waals surface area contributed by atoms with Gasteiger partial charge in [0.15, 0.2) is 0 Å². The van der Waals surface area contributed by atoms with Crippen molar-refractivity contribution in [1.82, 2.24) is 37.2 Å². The SMILES string of the molecule is CC[C@H](C)[C@H](N)C(=O)NCC(=O)N[C@@H](CC(=O)O)C(=O)NCC(=O)N[C@@H](C)C(=O)N[C@@H](C)C(=O)N[C@@H](Cc1ccccc1)C(=O)N[C@H](C=O)[C@@H](C)O. The van der Waals surface area contributed by atoms with Gasteiger partial charge in [-0.25, -0.2) is 0 Å². The number of rotatable bonds is 22. The lowest BCUT2D eigenvalue weighted by Crippen LogP contribution is -2.58. The average molecular weight is 735 g/mol. The van der Waals surface area contributed by atoms with E-state index in [1.807, 2.05) is 6.92 Å². The lowest BCUT2D eigenvalue weighted by atomic mass is 9.99. The van der Waals surface area contributed by atoms with Gasteiger partial charge in [-0.05, 0) is 32.3 Å². The van der Waals surface area contributed by atoms with Crippen molar-refractivity contribution >= 4 is 53.6 Å². The van der Waals surface area contributed by atoms with Gasteiger partial charge < -0.3 is 58.0 Å². The molecular weight excluding hydrogens is 684 g/mol. The van der Waals surface area contributed by atoms with Crippen LogP contribution in [0.1, 0.15) is 53.0 Å². The first-order valence-corrected chi connectivity index (χ1v) is 16.6. The summed E-state index contributed by atoms with van der Waals surface area (Å²) < 4.78 is 0. The molecule has 8 atom stereocenters. The molecule has 0 aliphatic heterocycles. The number of aliphatic carboxylic acids is 1. The fourth-order valence-electron chi connectivity index (χ4n) is 4.37. The topological polar surface area (TPSA) is 304 Å². The van der Waals surface area contributed by atoms with Crippen molar-refractivity contribution in [1.29, 1.82) is 0 Å². The van der Waals surface area contributed by atoms with E-state index in [4.69, 9.17) is 5.73 Å². The van der Waals surface area contributed by atoms with Gasteiger partial charge in [0.1, 0.15) is 36.5 Å². The third-order valence-corrected chi connectivity index (χ3v) is 7.85. The number of hydrogen-bond acceptors (Lipinski definition) is 11. The second-order valence-corrected chi connectivity index (χ2v) is 12.2. The molecule has 0 heterocycles. The Kier molecular flexibility index (Phi) is 19.2. The Morgan fingerprint density at radius 3 is 1.79 bits per heavy atom. The van der Waals surface area contributed by atoms with Crippen LogP contribution in [-0.2, 0) is 49.6 Å². The summed E-state index contributed by atoms with van der Waals surface area (Å²) in [6, 6.07) is 1.27. The smallest absolute Gasteiger partial charge is 0.305 e. The molecule has 0 radical (unpaired) electrons. The predicted molar refractivity (Wildman–Crippen MR) is 185 cm³/mol. The molecule has 0 spiro atoms. The normalized spacial score (nSPS) is 15.4. The number of carboxylic acid groups (broad SMARTS) is 1. The van der Waals surface area contributed by atoms with Crippen LogP contribution in [0.5, 0.6) is 0 Å². The second-order valence-electron chi connectivity index (χ2n) is 12.2. The Labute approximate surface area is 301 Å². The van der Waals surface area contributed by atoms with Crippen LogP contribution in [0.25, 0.3) is 0 Å². The Morgan fingerprint density at radius 2 is 1.25 bits per heavy atom. The summed E-state index contributed by atoms with van der Waals surface area (Å²) in [4.78, 5) is 111. The van der Waals surface area contributed by atoms with Crippen LogP contribution in [0, 0.1) is 5.92 Å². The highest BCUT2D eigenvalue weighted by Crippen LogP contribution is 2.06. The molecule has 1 aromatic rings. The first kappa shape index (κ1) is 44.6. The summed E-state index contributed by atoms with van der Waals surface area (Å²) in [5.74, 6) is -7.34. The monoisotopic (exact) mass is 734 g/mol. The van der Waals surface area contributed by atoms with E-state index >= 15 is 0 Å². The summed E-state index contributed by atoms with van der Waals surface area (Å²) >= 11 is 0. The number of hydrogen-bond donors (Lipinski definition) is 10. The first-order chi connectivity index (χ1) is 24.4.